The molecule has 0 aromatic rings. The maximum Gasteiger partial charge on any atom is 0.306 e. The van der Waals surface area contributed by atoms with Gasteiger partial charge in [0.05, 0.1) is 25.2 Å². The van der Waals surface area contributed by atoms with E-state index in [0.717, 1.165) is 70.6 Å². The van der Waals surface area contributed by atoms with Gasteiger partial charge in [-0.3, -0.25) is 9.59 Å². The first-order valence-electron chi connectivity index (χ1n) is 25.2. The molecular formula is C54H95NO5. The van der Waals surface area contributed by atoms with Crippen molar-refractivity contribution in [2.45, 2.75) is 251 Å². The Morgan fingerprint density at radius 2 is 0.933 bits per heavy atom. The summed E-state index contributed by atoms with van der Waals surface area (Å²) >= 11 is 0. The number of carbonyl (C=O) groups excluding carboxylic acids is 2. The second kappa shape index (κ2) is 47.4. The number of aliphatic hydroxyl groups excluding tert-OH is 2. The number of hydrogen-bond donors (Lipinski definition) is 3. The molecular weight excluding hydrogens is 743 g/mol. The summed E-state index contributed by atoms with van der Waals surface area (Å²) in [6.07, 6.45) is 59.8. The normalized spacial score (nSPS) is 13.9. The van der Waals surface area contributed by atoms with E-state index < -0.39 is 18.2 Å². The highest BCUT2D eigenvalue weighted by Crippen LogP contribution is 2.16. The Morgan fingerprint density at radius 3 is 1.40 bits per heavy atom. The fraction of sp³-hybridized carbons (Fsp3) is 0.741. The average molecular weight is 838 g/mol. The van der Waals surface area contributed by atoms with Crippen LogP contribution in [0.5, 0.6) is 0 Å². The van der Waals surface area contributed by atoms with E-state index in [2.05, 4.69) is 86.8 Å². The van der Waals surface area contributed by atoms with Crippen molar-refractivity contribution < 1.29 is 24.5 Å². The topological polar surface area (TPSA) is 95.9 Å². The van der Waals surface area contributed by atoms with Crippen LogP contribution in [0.3, 0.4) is 0 Å². The van der Waals surface area contributed by atoms with Crippen molar-refractivity contribution in [3.05, 3.63) is 72.9 Å². The lowest BCUT2D eigenvalue weighted by Gasteiger charge is -2.24. The van der Waals surface area contributed by atoms with Crippen LogP contribution in [0.15, 0.2) is 72.9 Å². The molecule has 0 aliphatic heterocycles. The summed E-state index contributed by atoms with van der Waals surface area (Å²) in [5, 5.41) is 23.6. The Morgan fingerprint density at radius 1 is 0.517 bits per heavy atom. The van der Waals surface area contributed by atoms with Crippen molar-refractivity contribution in [3.63, 3.8) is 0 Å². The smallest absolute Gasteiger partial charge is 0.306 e. The predicted octanol–water partition coefficient (Wildman–Crippen LogP) is 15.0. The van der Waals surface area contributed by atoms with Crippen LogP contribution in [-0.2, 0) is 14.3 Å². The van der Waals surface area contributed by atoms with Gasteiger partial charge in [-0.1, -0.05) is 216 Å². The zero-order valence-electron chi connectivity index (χ0n) is 39.3. The largest absolute Gasteiger partial charge is 0.461 e. The number of allylic oxidation sites excluding steroid dienone is 11. The minimum absolute atomic E-state index is 0.00443. The fourth-order valence-electron chi connectivity index (χ4n) is 7.21. The quantitative estimate of drug-likeness (QED) is 0.0323. The Labute approximate surface area is 371 Å². The molecule has 0 heterocycles. The van der Waals surface area contributed by atoms with Crippen molar-refractivity contribution in [2.75, 3.05) is 6.61 Å². The summed E-state index contributed by atoms with van der Waals surface area (Å²) in [6, 6.07) is -0.733. The van der Waals surface area contributed by atoms with E-state index >= 15 is 0 Å². The van der Waals surface area contributed by atoms with E-state index in [1.54, 1.807) is 0 Å². The maximum atomic E-state index is 13.1. The molecule has 0 spiro atoms. The van der Waals surface area contributed by atoms with E-state index in [0.29, 0.717) is 19.3 Å². The van der Waals surface area contributed by atoms with Gasteiger partial charge in [-0.2, -0.15) is 0 Å². The number of aliphatic hydroxyl groups is 2. The molecule has 0 aliphatic carbocycles. The molecule has 6 heteroatoms. The lowest BCUT2D eigenvalue weighted by molar-refractivity contribution is -0.150. The summed E-state index contributed by atoms with van der Waals surface area (Å²) in [4.78, 5) is 26.1. The molecule has 0 aliphatic rings. The SMILES string of the molecule is CC/C=C\C/C=C\C/C=C\C/C=C\C/C=C\CC(CC(=O)NC(CO)C(O)CCCCCCCCCCC)OC(=O)CCCCCCCCC/C=C/CCCCCCCC. The van der Waals surface area contributed by atoms with Crippen LogP contribution in [0.25, 0.3) is 0 Å². The monoisotopic (exact) mass is 838 g/mol. The second-order valence-electron chi connectivity index (χ2n) is 16.8. The number of esters is 1. The predicted molar refractivity (Wildman–Crippen MR) is 259 cm³/mol. The molecule has 0 bridgehead atoms. The molecule has 3 atom stereocenters. The zero-order chi connectivity index (χ0) is 43.8. The third-order valence-electron chi connectivity index (χ3n) is 11.0. The molecule has 0 rings (SSSR count). The molecule has 6 nitrogen and oxygen atoms in total. The first kappa shape index (κ1) is 57.3. The van der Waals surface area contributed by atoms with E-state index in [1.807, 2.05) is 12.2 Å². The Kier molecular flexibility index (Phi) is 45.2. The van der Waals surface area contributed by atoms with Gasteiger partial charge in [0, 0.05) is 12.8 Å². The number of nitrogens with one attached hydrogen (secondary N) is 1. The first-order chi connectivity index (χ1) is 29.5. The van der Waals surface area contributed by atoms with Crippen LogP contribution >= 0.6 is 0 Å². The summed E-state index contributed by atoms with van der Waals surface area (Å²) in [5.74, 6) is -0.587. The van der Waals surface area contributed by atoms with Crippen molar-refractivity contribution >= 4 is 11.9 Å². The van der Waals surface area contributed by atoms with Crippen LogP contribution in [0.2, 0.25) is 0 Å². The van der Waals surface area contributed by atoms with Gasteiger partial charge in [-0.05, 0) is 70.6 Å². The van der Waals surface area contributed by atoms with E-state index in [9.17, 15) is 19.8 Å². The molecule has 0 saturated heterocycles. The van der Waals surface area contributed by atoms with Gasteiger partial charge in [0.2, 0.25) is 5.91 Å². The van der Waals surface area contributed by atoms with E-state index in [4.69, 9.17) is 4.74 Å². The Bertz CT molecular complexity index is 1120. The molecule has 0 fully saturated rings. The number of hydrogen-bond acceptors (Lipinski definition) is 5. The van der Waals surface area contributed by atoms with Crippen molar-refractivity contribution in [3.8, 4) is 0 Å². The highest BCUT2D eigenvalue weighted by molar-refractivity contribution is 5.77. The average Bonchev–Trinajstić information content (AvgIpc) is 3.24. The summed E-state index contributed by atoms with van der Waals surface area (Å²) in [6.45, 7) is 6.31. The minimum atomic E-state index is -0.813. The molecule has 1 amide bonds. The molecule has 60 heavy (non-hydrogen) atoms. The molecule has 0 aromatic heterocycles. The standard InChI is InChI=1S/C54H95NO5/c1-4-7-10-13-16-19-21-23-25-26-28-30-32-35-38-41-44-47-54(59)60-50(45-42-39-36-34-31-29-27-24-22-20-17-14-11-8-5-2)48-53(58)55-51(49-56)52(57)46-43-40-37-33-18-15-12-9-6-3/h8,11,17,20,23-25,27,31,34,39,42,50-52,56-57H,4-7,9-10,12-16,18-19,21-22,26,28-30,32-33,35-38,40-41,43-49H2,1-3H3,(H,55,58)/b11-8-,20-17-,25-23+,27-24-,34-31-,42-39-. The van der Waals surface area contributed by atoms with Gasteiger partial charge in [-0.25, -0.2) is 0 Å². The molecule has 346 valence electrons. The Balaban J connectivity index is 4.71. The summed E-state index contributed by atoms with van der Waals surface area (Å²) < 4.78 is 5.86. The lowest BCUT2D eigenvalue weighted by Crippen LogP contribution is -2.46. The first-order valence-corrected chi connectivity index (χ1v) is 25.2. The van der Waals surface area contributed by atoms with E-state index in [1.165, 1.54) is 116 Å². The van der Waals surface area contributed by atoms with Crippen LogP contribution in [0, 0.1) is 0 Å². The van der Waals surface area contributed by atoms with Gasteiger partial charge < -0.3 is 20.3 Å². The molecule has 0 radical (unpaired) electrons. The van der Waals surface area contributed by atoms with Gasteiger partial charge in [0.15, 0.2) is 0 Å². The summed E-state index contributed by atoms with van der Waals surface area (Å²) in [7, 11) is 0. The third-order valence-corrected chi connectivity index (χ3v) is 11.0. The van der Waals surface area contributed by atoms with Gasteiger partial charge in [0.1, 0.15) is 6.10 Å². The second-order valence-corrected chi connectivity index (χ2v) is 16.8. The third kappa shape index (κ3) is 42.0. The van der Waals surface area contributed by atoms with Gasteiger partial charge >= 0.3 is 5.97 Å². The minimum Gasteiger partial charge on any atom is -0.461 e. The summed E-state index contributed by atoms with van der Waals surface area (Å²) in [5.41, 5.74) is 0. The number of ether oxygens (including phenoxy) is 1. The van der Waals surface area contributed by atoms with Crippen molar-refractivity contribution in [2.24, 2.45) is 0 Å². The lowest BCUT2D eigenvalue weighted by atomic mass is 10.0. The van der Waals surface area contributed by atoms with Crippen molar-refractivity contribution in [1.29, 1.82) is 0 Å². The molecule has 0 saturated carbocycles. The highest BCUT2D eigenvalue weighted by Gasteiger charge is 2.23. The molecule has 3 N–H and O–H groups in total. The van der Waals surface area contributed by atoms with Crippen LogP contribution in [-0.4, -0.2) is 46.9 Å². The highest BCUT2D eigenvalue weighted by atomic mass is 16.5. The Hall–Kier alpha value is -2.70. The number of unbranched alkanes of at least 4 members (excludes halogenated alkanes) is 21. The number of carbonyl (C=O) groups is 2. The molecule has 0 aromatic carbocycles. The number of amides is 1. The van der Waals surface area contributed by atoms with E-state index in [-0.39, 0.29) is 24.9 Å². The van der Waals surface area contributed by atoms with Gasteiger partial charge in [-0.15, -0.1) is 0 Å². The maximum absolute atomic E-state index is 13.1. The zero-order valence-corrected chi connectivity index (χ0v) is 39.3. The van der Waals surface area contributed by atoms with Gasteiger partial charge in [0.25, 0.3) is 0 Å². The van der Waals surface area contributed by atoms with Crippen LogP contribution in [0.4, 0.5) is 0 Å². The fourth-order valence-corrected chi connectivity index (χ4v) is 7.21. The van der Waals surface area contributed by atoms with Crippen LogP contribution < -0.4 is 5.32 Å². The van der Waals surface area contributed by atoms with Crippen LogP contribution in [0.1, 0.15) is 233 Å². The number of rotatable bonds is 44. The van der Waals surface area contributed by atoms with Crippen molar-refractivity contribution in [1.82, 2.24) is 5.32 Å². The molecule has 3 unspecified atom stereocenters.